The molecule has 1 amide bonds. The predicted octanol–water partition coefficient (Wildman–Crippen LogP) is 3.48. The number of benzene rings is 2. The Hall–Kier alpha value is -2.82. The summed E-state index contributed by atoms with van der Waals surface area (Å²) in [6.07, 6.45) is 0.474. The third-order valence-corrected chi connectivity index (χ3v) is 3.64. The molecule has 0 bridgehead atoms. The van der Waals surface area contributed by atoms with E-state index in [1.807, 2.05) is 60.7 Å². The first-order chi connectivity index (χ1) is 12.2. The summed E-state index contributed by atoms with van der Waals surface area (Å²) >= 11 is 0. The van der Waals surface area contributed by atoms with Crippen LogP contribution in [0.15, 0.2) is 60.7 Å². The normalized spacial score (nSPS) is 11.4. The summed E-state index contributed by atoms with van der Waals surface area (Å²) in [6, 6.07) is 18.4. The molecule has 1 atom stereocenters. The van der Waals surface area contributed by atoms with E-state index in [2.05, 4.69) is 5.32 Å². The van der Waals surface area contributed by atoms with Crippen molar-refractivity contribution in [3.63, 3.8) is 0 Å². The van der Waals surface area contributed by atoms with Crippen LogP contribution in [0, 0.1) is 0 Å². The number of hydrogen-bond acceptors (Lipinski definition) is 4. The highest BCUT2D eigenvalue weighted by Gasteiger charge is 2.22. The molecular weight excluding hydrogens is 318 g/mol. The Balaban J connectivity index is 1.88. The van der Waals surface area contributed by atoms with Gasteiger partial charge in [-0.2, -0.15) is 0 Å². The van der Waals surface area contributed by atoms with Gasteiger partial charge in [0.2, 0.25) is 0 Å². The molecular formula is C20H23NO4. The number of amides is 1. The van der Waals surface area contributed by atoms with Crippen LogP contribution < -0.4 is 5.32 Å². The molecule has 5 nitrogen and oxygen atoms in total. The van der Waals surface area contributed by atoms with Crippen LogP contribution >= 0.6 is 0 Å². The van der Waals surface area contributed by atoms with Crippen molar-refractivity contribution in [2.75, 3.05) is 6.61 Å². The minimum absolute atomic E-state index is 0.154. The highest BCUT2D eigenvalue weighted by atomic mass is 16.6. The van der Waals surface area contributed by atoms with Gasteiger partial charge < -0.3 is 14.8 Å². The van der Waals surface area contributed by atoms with Gasteiger partial charge in [0.25, 0.3) is 0 Å². The monoisotopic (exact) mass is 341 g/mol. The van der Waals surface area contributed by atoms with Crippen molar-refractivity contribution in [1.82, 2.24) is 5.32 Å². The number of ether oxygens (including phenoxy) is 2. The van der Waals surface area contributed by atoms with Crippen molar-refractivity contribution in [3.8, 4) is 0 Å². The first-order valence-electron chi connectivity index (χ1n) is 8.37. The molecule has 0 fully saturated rings. The van der Waals surface area contributed by atoms with E-state index < -0.39 is 18.1 Å². The maximum absolute atomic E-state index is 12.1. The Bertz CT molecular complexity index is 658. The lowest BCUT2D eigenvalue weighted by Crippen LogP contribution is -2.42. The minimum Gasteiger partial charge on any atom is -0.464 e. The van der Waals surface area contributed by atoms with Gasteiger partial charge in [-0.3, -0.25) is 0 Å². The number of carbonyl (C=O) groups excluding carboxylic acids is 2. The first kappa shape index (κ1) is 18.5. The number of rotatable bonds is 8. The molecule has 0 aliphatic rings. The fourth-order valence-corrected chi connectivity index (χ4v) is 2.35. The average molecular weight is 341 g/mol. The molecule has 0 saturated heterocycles. The number of carbonyl (C=O) groups is 2. The van der Waals surface area contributed by atoms with Crippen molar-refractivity contribution in [1.29, 1.82) is 0 Å². The lowest BCUT2D eigenvalue weighted by atomic mass is 10.1. The van der Waals surface area contributed by atoms with Crippen LogP contribution in [0.25, 0.3) is 0 Å². The smallest absolute Gasteiger partial charge is 0.408 e. The lowest BCUT2D eigenvalue weighted by Gasteiger charge is -2.17. The first-order valence-corrected chi connectivity index (χ1v) is 8.37. The third-order valence-electron chi connectivity index (χ3n) is 3.64. The van der Waals surface area contributed by atoms with E-state index in [0.717, 1.165) is 11.1 Å². The van der Waals surface area contributed by atoms with E-state index >= 15 is 0 Å². The molecule has 0 spiro atoms. The van der Waals surface area contributed by atoms with Gasteiger partial charge in [0, 0.05) is 0 Å². The topological polar surface area (TPSA) is 64.6 Å². The van der Waals surface area contributed by atoms with Crippen molar-refractivity contribution < 1.29 is 19.1 Å². The average Bonchev–Trinajstić information content (AvgIpc) is 2.65. The molecule has 0 aliphatic carbocycles. The zero-order chi connectivity index (χ0) is 17.9. The second-order valence-electron chi connectivity index (χ2n) is 5.53. The lowest BCUT2D eigenvalue weighted by molar-refractivity contribution is -0.145. The van der Waals surface area contributed by atoms with Crippen LogP contribution in [0.3, 0.4) is 0 Å². The largest absolute Gasteiger partial charge is 0.464 e. The second kappa shape index (κ2) is 10.1. The van der Waals surface area contributed by atoms with E-state index in [-0.39, 0.29) is 13.2 Å². The number of nitrogens with one attached hydrogen (secondary N) is 1. The van der Waals surface area contributed by atoms with Gasteiger partial charge in [0.1, 0.15) is 12.6 Å². The van der Waals surface area contributed by atoms with Gasteiger partial charge in [-0.05, 0) is 30.9 Å². The van der Waals surface area contributed by atoms with Gasteiger partial charge in [0.15, 0.2) is 0 Å². The standard InChI is InChI=1S/C20H23NO4/c1-2-24-19(22)18(14-13-16-9-5-3-6-10-16)21-20(23)25-15-17-11-7-4-8-12-17/h3-12,18H,2,13-15H2,1H3,(H,21,23)/t18-/m1/s1. The molecule has 0 unspecified atom stereocenters. The van der Waals surface area contributed by atoms with Crippen LogP contribution in [-0.2, 0) is 27.3 Å². The van der Waals surface area contributed by atoms with E-state index in [0.29, 0.717) is 12.8 Å². The van der Waals surface area contributed by atoms with Gasteiger partial charge in [-0.25, -0.2) is 9.59 Å². The highest BCUT2D eigenvalue weighted by Crippen LogP contribution is 2.07. The molecule has 0 radical (unpaired) electrons. The Labute approximate surface area is 148 Å². The molecule has 2 aromatic rings. The fourth-order valence-electron chi connectivity index (χ4n) is 2.35. The SMILES string of the molecule is CCOC(=O)[C@@H](CCc1ccccc1)NC(=O)OCc1ccccc1. The van der Waals surface area contributed by atoms with E-state index in [9.17, 15) is 9.59 Å². The van der Waals surface area contributed by atoms with Gasteiger partial charge in [-0.1, -0.05) is 60.7 Å². The van der Waals surface area contributed by atoms with E-state index in [1.165, 1.54) is 0 Å². The zero-order valence-electron chi connectivity index (χ0n) is 14.3. The summed E-state index contributed by atoms with van der Waals surface area (Å²) in [5.41, 5.74) is 1.98. The van der Waals surface area contributed by atoms with Gasteiger partial charge in [0.05, 0.1) is 6.61 Å². The number of aryl methyl sites for hydroxylation is 1. The Morgan fingerprint density at radius 3 is 2.12 bits per heavy atom. The van der Waals surface area contributed by atoms with Gasteiger partial charge in [-0.15, -0.1) is 0 Å². The zero-order valence-corrected chi connectivity index (χ0v) is 14.3. The predicted molar refractivity (Wildman–Crippen MR) is 94.9 cm³/mol. The number of hydrogen-bond donors (Lipinski definition) is 1. The molecule has 0 saturated carbocycles. The van der Waals surface area contributed by atoms with Crippen molar-refractivity contribution >= 4 is 12.1 Å². The maximum Gasteiger partial charge on any atom is 0.408 e. The Morgan fingerprint density at radius 2 is 1.52 bits per heavy atom. The summed E-state index contributed by atoms with van der Waals surface area (Å²) in [6.45, 7) is 2.15. The van der Waals surface area contributed by atoms with Crippen LogP contribution in [0.1, 0.15) is 24.5 Å². The summed E-state index contributed by atoms with van der Waals surface area (Å²) < 4.78 is 10.2. The van der Waals surface area contributed by atoms with Gasteiger partial charge >= 0.3 is 12.1 Å². The Morgan fingerprint density at radius 1 is 0.920 bits per heavy atom. The number of esters is 1. The molecule has 1 N–H and O–H groups in total. The molecule has 25 heavy (non-hydrogen) atoms. The molecule has 5 heteroatoms. The van der Waals surface area contributed by atoms with Crippen LogP contribution in [-0.4, -0.2) is 24.7 Å². The molecule has 132 valence electrons. The second-order valence-corrected chi connectivity index (χ2v) is 5.53. The Kier molecular flexibility index (Phi) is 7.50. The van der Waals surface area contributed by atoms with E-state index in [1.54, 1.807) is 6.92 Å². The van der Waals surface area contributed by atoms with Crippen molar-refractivity contribution in [3.05, 3.63) is 71.8 Å². The minimum atomic E-state index is -0.733. The molecule has 0 aromatic heterocycles. The summed E-state index contributed by atoms with van der Waals surface area (Å²) in [5.74, 6) is -0.449. The molecule has 2 aromatic carbocycles. The maximum atomic E-state index is 12.1. The molecule has 0 aliphatic heterocycles. The van der Waals surface area contributed by atoms with Crippen LogP contribution in [0.2, 0.25) is 0 Å². The molecule has 0 heterocycles. The molecule has 2 rings (SSSR count). The summed E-state index contributed by atoms with van der Waals surface area (Å²) in [5, 5.41) is 2.61. The quantitative estimate of drug-likeness (QED) is 0.747. The fraction of sp³-hybridized carbons (Fsp3) is 0.300. The number of alkyl carbamates (subject to hydrolysis) is 1. The highest BCUT2D eigenvalue weighted by molar-refractivity contribution is 5.81. The third kappa shape index (κ3) is 6.67. The summed E-state index contributed by atoms with van der Waals surface area (Å²) in [4.78, 5) is 24.1. The summed E-state index contributed by atoms with van der Waals surface area (Å²) in [7, 11) is 0. The van der Waals surface area contributed by atoms with Crippen LogP contribution in [0.4, 0.5) is 4.79 Å². The van der Waals surface area contributed by atoms with Crippen LogP contribution in [0.5, 0.6) is 0 Å². The van der Waals surface area contributed by atoms with Crippen molar-refractivity contribution in [2.45, 2.75) is 32.4 Å². The van der Waals surface area contributed by atoms with Crippen molar-refractivity contribution in [2.24, 2.45) is 0 Å². The van der Waals surface area contributed by atoms with E-state index in [4.69, 9.17) is 9.47 Å².